The van der Waals surface area contributed by atoms with Crippen molar-refractivity contribution in [2.45, 2.75) is 13.3 Å². The lowest BCUT2D eigenvalue weighted by Gasteiger charge is -2.06. The smallest absolute Gasteiger partial charge is 0.308 e. The van der Waals surface area contributed by atoms with Crippen LogP contribution in [-0.4, -0.2) is 17.5 Å². The highest BCUT2D eigenvalue weighted by Crippen LogP contribution is 2.39. The zero-order valence-electron chi connectivity index (χ0n) is 8.56. The molecule has 6 nitrogen and oxygen atoms in total. The molecular formula is C10H9NO5. The van der Waals surface area contributed by atoms with Gasteiger partial charge in [-0.05, 0) is 0 Å². The summed E-state index contributed by atoms with van der Waals surface area (Å²) in [5.41, 5.74) is 0.603. The van der Waals surface area contributed by atoms with Crippen LogP contribution >= 0.6 is 0 Å². The molecule has 0 saturated carbocycles. The van der Waals surface area contributed by atoms with Crippen molar-refractivity contribution < 1.29 is 19.2 Å². The van der Waals surface area contributed by atoms with Crippen LogP contribution in [0.25, 0.3) is 0 Å². The lowest BCUT2D eigenvalue weighted by Crippen LogP contribution is -2.03. The van der Waals surface area contributed by atoms with Gasteiger partial charge in [-0.15, -0.1) is 0 Å². The monoisotopic (exact) mass is 223 g/mol. The highest BCUT2D eigenvalue weighted by molar-refractivity contribution is 5.71. The second kappa shape index (κ2) is 3.80. The molecule has 0 radical (unpaired) electrons. The van der Waals surface area contributed by atoms with Crippen LogP contribution in [-0.2, 0) is 11.2 Å². The number of carbonyl (C=O) groups is 1. The van der Waals surface area contributed by atoms with E-state index < -0.39 is 10.9 Å². The molecule has 0 fully saturated rings. The maximum atomic E-state index is 10.8. The summed E-state index contributed by atoms with van der Waals surface area (Å²) in [5, 5.41) is 10.7. The fourth-order valence-electron chi connectivity index (χ4n) is 1.59. The number of rotatable bonds is 2. The van der Waals surface area contributed by atoms with E-state index in [9.17, 15) is 14.9 Å². The maximum Gasteiger partial charge on any atom is 0.308 e. The van der Waals surface area contributed by atoms with Crippen LogP contribution in [0.15, 0.2) is 12.1 Å². The third kappa shape index (κ3) is 1.81. The summed E-state index contributed by atoms with van der Waals surface area (Å²) in [6.45, 7) is 1.69. The van der Waals surface area contributed by atoms with Gasteiger partial charge < -0.3 is 9.47 Å². The minimum atomic E-state index is -0.529. The molecule has 0 spiro atoms. The molecule has 1 aliphatic heterocycles. The molecule has 0 aliphatic carbocycles. The first-order valence-corrected chi connectivity index (χ1v) is 4.70. The Hall–Kier alpha value is -2.11. The van der Waals surface area contributed by atoms with E-state index in [1.165, 1.54) is 19.1 Å². The Morgan fingerprint density at radius 2 is 2.31 bits per heavy atom. The fraction of sp³-hybridized carbons (Fsp3) is 0.300. The first-order chi connectivity index (χ1) is 7.58. The van der Waals surface area contributed by atoms with Crippen molar-refractivity contribution in [3.8, 4) is 11.5 Å². The van der Waals surface area contributed by atoms with E-state index in [0.29, 0.717) is 24.3 Å². The van der Waals surface area contributed by atoms with Crippen molar-refractivity contribution in [2.24, 2.45) is 0 Å². The lowest BCUT2D eigenvalue weighted by atomic mass is 10.1. The summed E-state index contributed by atoms with van der Waals surface area (Å²) in [4.78, 5) is 21.0. The maximum absolute atomic E-state index is 10.8. The number of esters is 1. The summed E-state index contributed by atoms with van der Waals surface area (Å²) in [6, 6.07) is 2.64. The van der Waals surface area contributed by atoms with E-state index in [1.54, 1.807) is 0 Å². The van der Waals surface area contributed by atoms with Crippen LogP contribution in [0.4, 0.5) is 5.69 Å². The van der Waals surface area contributed by atoms with Crippen LogP contribution in [0.3, 0.4) is 0 Å². The second-order valence-corrected chi connectivity index (χ2v) is 3.38. The number of nitrogens with zero attached hydrogens (tertiary/aromatic N) is 1. The van der Waals surface area contributed by atoms with Gasteiger partial charge in [0.05, 0.1) is 17.6 Å². The molecule has 84 valence electrons. The average molecular weight is 223 g/mol. The van der Waals surface area contributed by atoms with E-state index >= 15 is 0 Å². The minimum absolute atomic E-state index is 0.0968. The molecule has 6 heteroatoms. The highest BCUT2D eigenvalue weighted by atomic mass is 16.6. The normalized spacial score (nSPS) is 12.8. The van der Waals surface area contributed by atoms with Gasteiger partial charge in [0, 0.05) is 25.0 Å². The minimum Gasteiger partial charge on any atom is -0.489 e. The fourth-order valence-corrected chi connectivity index (χ4v) is 1.59. The van der Waals surface area contributed by atoms with E-state index in [1.807, 2.05) is 0 Å². The summed E-state index contributed by atoms with van der Waals surface area (Å²) in [6.07, 6.45) is 0.589. The Kier molecular flexibility index (Phi) is 2.47. The van der Waals surface area contributed by atoms with Crippen molar-refractivity contribution in [3.63, 3.8) is 0 Å². The van der Waals surface area contributed by atoms with E-state index in [-0.39, 0.29) is 11.4 Å². The first-order valence-electron chi connectivity index (χ1n) is 4.70. The van der Waals surface area contributed by atoms with Crippen LogP contribution in [0.1, 0.15) is 12.5 Å². The molecule has 0 N–H and O–H groups in total. The SMILES string of the molecule is CC(=O)Oc1cc([N+](=O)[O-])cc2c1OCC2. The van der Waals surface area contributed by atoms with Crippen molar-refractivity contribution in [1.82, 2.24) is 0 Å². The molecule has 0 unspecified atom stereocenters. The molecule has 1 aliphatic rings. The van der Waals surface area contributed by atoms with Gasteiger partial charge in [0.15, 0.2) is 11.5 Å². The Labute approximate surface area is 90.9 Å². The number of fused-ring (bicyclic) bond motifs is 1. The summed E-state index contributed by atoms with van der Waals surface area (Å²) in [7, 11) is 0. The van der Waals surface area contributed by atoms with Gasteiger partial charge >= 0.3 is 5.97 Å². The summed E-state index contributed by atoms with van der Waals surface area (Å²) < 4.78 is 10.1. The molecule has 1 heterocycles. The zero-order chi connectivity index (χ0) is 11.7. The molecular weight excluding hydrogens is 214 g/mol. The van der Waals surface area contributed by atoms with Gasteiger partial charge in [-0.2, -0.15) is 0 Å². The molecule has 0 saturated heterocycles. The Balaban J connectivity index is 2.49. The number of carbonyl (C=O) groups excluding carboxylic acids is 1. The molecule has 1 aromatic rings. The van der Waals surface area contributed by atoms with Gasteiger partial charge in [0.1, 0.15) is 0 Å². The molecule has 0 aromatic heterocycles. The van der Waals surface area contributed by atoms with Crippen LogP contribution in [0.2, 0.25) is 0 Å². The largest absolute Gasteiger partial charge is 0.489 e. The predicted octanol–water partition coefficient (Wildman–Crippen LogP) is 1.45. The van der Waals surface area contributed by atoms with Gasteiger partial charge in [-0.1, -0.05) is 0 Å². The van der Waals surface area contributed by atoms with Crippen molar-refractivity contribution in [2.75, 3.05) is 6.61 Å². The lowest BCUT2D eigenvalue weighted by molar-refractivity contribution is -0.385. The van der Waals surface area contributed by atoms with Gasteiger partial charge in [-0.3, -0.25) is 14.9 Å². The third-order valence-electron chi connectivity index (χ3n) is 2.20. The zero-order valence-corrected chi connectivity index (χ0v) is 8.56. The van der Waals surface area contributed by atoms with Crippen molar-refractivity contribution in [3.05, 3.63) is 27.8 Å². The molecule has 0 atom stereocenters. The number of ether oxygens (including phenoxy) is 2. The van der Waals surface area contributed by atoms with E-state index in [0.717, 1.165) is 0 Å². The van der Waals surface area contributed by atoms with E-state index in [4.69, 9.17) is 9.47 Å². The third-order valence-corrected chi connectivity index (χ3v) is 2.20. The van der Waals surface area contributed by atoms with Crippen molar-refractivity contribution >= 4 is 11.7 Å². The molecule has 0 bridgehead atoms. The Morgan fingerprint density at radius 1 is 1.56 bits per heavy atom. The number of hydrogen-bond donors (Lipinski definition) is 0. The molecule has 2 rings (SSSR count). The van der Waals surface area contributed by atoms with Gasteiger partial charge in [-0.25, -0.2) is 0 Å². The Morgan fingerprint density at radius 3 is 2.94 bits per heavy atom. The van der Waals surface area contributed by atoms with Crippen LogP contribution < -0.4 is 9.47 Å². The van der Waals surface area contributed by atoms with E-state index in [2.05, 4.69) is 0 Å². The molecule has 0 amide bonds. The average Bonchev–Trinajstić information content (AvgIpc) is 2.64. The topological polar surface area (TPSA) is 78.7 Å². The number of nitro benzene ring substituents is 1. The Bertz CT molecular complexity index is 469. The van der Waals surface area contributed by atoms with Gasteiger partial charge in [0.2, 0.25) is 0 Å². The number of benzene rings is 1. The second-order valence-electron chi connectivity index (χ2n) is 3.38. The summed E-state index contributed by atoms with van der Waals surface area (Å²) in [5.74, 6) is 0.0215. The van der Waals surface area contributed by atoms with Crippen molar-refractivity contribution in [1.29, 1.82) is 0 Å². The predicted molar refractivity (Wildman–Crippen MR) is 53.6 cm³/mol. The number of nitro groups is 1. The highest BCUT2D eigenvalue weighted by Gasteiger charge is 2.23. The van der Waals surface area contributed by atoms with Crippen LogP contribution in [0.5, 0.6) is 11.5 Å². The quantitative estimate of drug-likeness (QED) is 0.328. The standard InChI is InChI=1S/C10H9NO5/c1-6(12)16-9-5-8(11(13)14)4-7-2-3-15-10(7)9/h4-5H,2-3H2,1H3. The number of hydrogen-bond acceptors (Lipinski definition) is 5. The first kappa shape index (κ1) is 10.4. The van der Waals surface area contributed by atoms with Gasteiger partial charge in [0.25, 0.3) is 5.69 Å². The molecule has 16 heavy (non-hydrogen) atoms. The molecule has 1 aromatic carbocycles. The summed E-state index contributed by atoms with van der Waals surface area (Å²) >= 11 is 0. The number of non-ortho nitro benzene ring substituents is 1. The van der Waals surface area contributed by atoms with Crippen LogP contribution in [0, 0.1) is 10.1 Å².